The molecule has 2 aromatic carbocycles. The number of rotatable bonds is 6. The van der Waals surface area contributed by atoms with Crippen LogP contribution in [0.1, 0.15) is 56.1 Å². The third-order valence-corrected chi connectivity index (χ3v) is 8.09. The van der Waals surface area contributed by atoms with Crippen molar-refractivity contribution in [2.24, 2.45) is 11.3 Å². The van der Waals surface area contributed by atoms with Gasteiger partial charge in [0.05, 0.1) is 5.41 Å². The zero-order valence-electron chi connectivity index (χ0n) is 20.0. The average molecular weight is 477 g/mol. The van der Waals surface area contributed by atoms with E-state index in [9.17, 15) is 19.5 Å². The Balaban J connectivity index is 1.16. The van der Waals surface area contributed by atoms with Gasteiger partial charge >= 0.3 is 12.1 Å². The number of carbonyl (C=O) groups excluding carboxylic acids is 2. The molecule has 5 rings (SSSR count). The van der Waals surface area contributed by atoms with E-state index >= 15 is 0 Å². The van der Waals surface area contributed by atoms with Crippen LogP contribution in [0.2, 0.25) is 0 Å². The molecule has 3 aliphatic rings. The van der Waals surface area contributed by atoms with Gasteiger partial charge in [-0.25, -0.2) is 4.79 Å². The average Bonchev–Trinajstić information content (AvgIpc) is 3.55. The number of benzene rings is 2. The van der Waals surface area contributed by atoms with Crippen LogP contribution in [0, 0.1) is 11.3 Å². The first-order chi connectivity index (χ1) is 16.9. The highest BCUT2D eigenvalue weighted by Gasteiger charge is 2.43. The molecule has 2 N–H and O–H groups in total. The Labute approximate surface area is 205 Å². The Morgan fingerprint density at radius 3 is 2.34 bits per heavy atom. The van der Waals surface area contributed by atoms with E-state index in [1.807, 2.05) is 24.3 Å². The maximum Gasteiger partial charge on any atom is 0.407 e. The molecule has 2 fully saturated rings. The SMILES string of the molecule is CC1(C(=O)O)CCN(C(=O)CC2CCCC2NC(=O)OCC2c3ccccc3-c3ccccc32)C1. The molecule has 3 unspecified atom stereocenters. The Kier molecular flexibility index (Phi) is 6.26. The van der Waals surface area contributed by atoms with Gasteiger partial charge in [0, 0.05) is 31.5 Å². The molecule has 1 heterocycles. The summed E-state index contributed by atoms with van der Waals surface area (Å²) in [6.07, 6.45) is 2.97. The molecule has 184 valence electrons. The number of hydrogen-bond acceptors (Lipinski definition) is 4. The molecule has 3 atom stereocenters. The highest BCUT2D eigenvalue weighted by molar-refractivity contribution is 5.81. The fourth-order valence-corrected chi connectivity index (χ4v) is 5.96. The van der Waals surface area contributed by atoms with Gasteiger partial charge in [-0.05, 0) is 54.4 Å². The fraction of sp³-hybridized carbons (Fsp3) is 0.464. The molecule has 1 saturated carbocycles. The van der Waals surface area contributed by atoms with E-state index in [0.717, 1.165) is 19.3 Å². The van der Waals surface area contributed by atoms with Crippen molar-refractivity contribution in [2.75, 3.05) is 19.7 Å². The van der Waals surface area contributed by atoms with Crippen LogP contribution in [-0.4, -0.2) is 53.7 Å². The Morgan fingerprint density at radius 1 is 1.06 bits per heavy atom. The maximum atomic E-state index is 12.9. The minimum absolute atomic E-state index is 0.00724. The van der Waals surface area contributed by atoms with Crippen molar-refractivity contribution in [1.82, 2.24) is 10.2 Å². The van der Waals surface area contributed by atoms with Gasteiger partial charge in [0.1, 0.15) is 6.61 Å². The van der Waals surface area contributed by atoms with Crippen molar-refractivity contribution in [2.45, 2.75) is 51.0 Å². The molecule has 0 bridgehead atoms. The highest BCUT2D eigenvalue weighted by Crippen LogP contribution is 2.44. The van der Waals surface area contributed by atoms with Gasteiger partial charge < -0.3 is 20.1 Å². The molecule has 2 aromatic rings. The number of carboxylic acids is 1. The van der Waals surface area contributed by atoms with E-state index < -0.39 is 17.5 Å². The molecular weight excluding hydrogens is 444 g/mol. The number of alkyl carbamates (subject to hydrolysis) is 1. The van der Waals surface area contributed by atoms with Crippen molar-refractivity contribution in [3.05, 3.63) is 59.7 Å². The second kappa shape index (κ2) is 9.36. The van der Waals surface area contributed by atoms with E-state index in [0.29, 0.717) is 19.4 Å². The van der Waals surface area contributed by atoms with Crippen molar-refractivity contribution < 1.29 is 24.2 Å². The van der Waals surface area contributed by atoms with Gasteiger partial charge in [0.2, 0.25) is 5.91 Å². The number of fused-ring (bicyclic) bond motifs is 3. The van der Waals surface area contributed by atoms with Crippen LogP contribution in [0.25, 0.3) is 11.1 Å². The number of carbonyl (C=O) groups is 3. The standard InChI is InChI=1S/C28H32N2O5/c1-28(26(32)33)13-14-30(17-28)25(31)15-18-7-6-12-24(18)29-27(34)35-16-23-21-10-4-2-8-19(21)20-9-3-5-11-22(20)23/h2-5,8-11,18,23-24H,6-7,12-17H2,1H3,(H,29,34)(H,32,33). The lowest BCUT2D eigenvalue weighted by atomic mass is 9.90. The summed E-state index contributed by atoms with van der Waals surface area (Å²) in [5, 5.41) is 12.4. The summed E-state index contributed by atoms with van der Waals surface area (Å²) < 4.78 is 5.70. The van der Waals surface area contributed by atoms with Gasteiger partial charge in [-0.3, -0.25) is 9.59 Å². The Hall–Kier alpha value is -3.35. The van der Waals surface area contributed by atoms with E-state index in [2.05, 4.69) is 29.6 Å². The lowest BCUT2D eigenvalue weighted by Crippen LogP contribution is -2.41. The Morgan fingerprint density at radius 2 is 1.71 bits per heavy atom. The normalized spacial score (nSPS) is 25.2. The lowest BCUT2D eigenvalue weighted by Gasteiger charge is -2.25. The lowest BCUT2D eigenvalue weighted by molar-refractivity contribution is -0.147. The van der Waals surface area contributed by atoms with Crippen LogP contribution in [-0.2, 0) is 14.3 Å². The topological polar surface area (TPSA) is 95.9 Å². The second-order valence-corrected chi connectivity index (χ2v) is 10.4. The number of carboxylic acid groups (broad SMARTS) is 1. The number of amides is 2. The summed E-state index contributed by atoms with van der Waals surface area (Å²) in [4.78, 5) is 38.8. The molecule has 7 heteroatoms. The van der Waals surface area contributed by atoms with E-state index in [1.54, 1.807) is 11.8 Å². The molecule has 0 aromatic heterocycles. The summed E-state index contributed by atoms with van der Waals surface area (Å²) in [5.74, 6) is -0.836. The third-order valence-electron chi connectivity index (χ3n) is 8.09. The molecule has 7 nitrogen and oxygen atoms in total. The van der Waals surface area contributed by atoms with Crippen LogP contribution in [0.15, 0.2) is 48.5 Å². The smallest absolute Gasteiger partial charge is 0.407 e. The Bertz CT molecular complexity index is 1100. The maximum absolute atomic E-state index is 12.9. The van der Waals surface area contributed by atoms with E-state index in [-0.39, 0.29) is 36.9 Å². The number of ether oxygens (including phenoxy) is 1. The van der Waals surface area contributed by atoms with Gasteiger partial charge in [0.15, 0.2) is 0 Å². The summed E-state index contributed by atoms with van der Waals surface area (Å²) in [5.41, 5.74) is 3.85. The van der Waals surface area contributed by atoms with Gasteiger partial charge in [0.25, 0.3) is 0 Å². The predicted molar refractivity (Wildman–Crippen MR) is 131 cm³/mol. The molecule has 2 aliphatic carbocycles. The molecule has 0 spiro atoms. The summed E-state index contributed by atoms with van der Waals surface area (Å²) >= 11 is 0. The largest absolute Gasteiger partial charge is 0.481 e. The molecule has 1 aliphatic heterocycles. The van der Waals surface area contributed by atoms with E-state index in [4.69, 9.17) is 4.74 Å². The molecule has 2 amide bonds. The quantitative estimate of drug-likeness (QED) is 0.644. The number of likely N-dealkylation sites (tertiary alicyclic amines) is 1. The second-order valence-electron chi connectivity index (χ2n) is 10.4. The summed E-state index contributed by atoms with van der Waals surface area (Å²) in [6.45, 7) is 2.68. The number of nitrogens with zero attached hydrogens (tertiary/aromatic N) is 1. The van der Waals surface area contributed by atoms with Gasteiger partial charge in [-0.15, -0.1) is 0 Å². The molecule has 1 saturated heterocycles. The van der Waals surface area contributed by atoms with Crippen molar-refractivity contribution in [3.8, 4) is 11.1 Å². The van der Waals surface area contributed by atoms with Gasteiger partial charge in [-0.1, -0.05) is 55.0 Å². The fourth-order valence-electron chi connectivity index (χ4n) is 5.96. The zero-order valence-corrected chi connectivity index (χ0v) is 20.0. The molecular formula is C28H32N2O5. The van der Waals surface area contributed by atoms with Crippen LogP contribution in [0.5, 0.6) is 0 Å². The molecule has 0 radical (unpaired) electrons. The first-order valence-corrected chi connectivity index (χ1v) is 12.5. The van der Waals surface area contributed by atoms with Crippen molar-refractivity contribution >= 4 is 18.0 Å². The first-order valence-electron chi connectivity index (χ1n) is 12.5. The van der Waals surface area contributed by atoms with E-state index in [1.165, 1.54) is 22.3 Å². The third kappa shape index (κ3) is 4.51. The monoisotopic (exact) mass is 476 g/mol. The minimum Gasteiger partial charge on any atom is -0.481 e. The highest BCUT2D eigenvalue weighted by atomic mass is 16.5. The summed E-state index contributed by atoms with van der Waals surface area (Å²) in [7, 11) is 0. The number of aliphatic carboxylic acids is 1. The van der Waals surface area contributed by atoms with Crippen molar-refractivity contribution in [1.29, 1.82) is 0 Å². The predicted octanol–water partition coefficient (Wildman–Crippen LogP) is 4.41. The zero-order chi connectivity index (χ0) is 24.6. The first kappa shape index (κ1) is 23.4. The van der Waals surface area contributed by atoms with Crippen LogP contribution < -0.4 is 5.32 Å². The van der Waals surface area contributed by atoms with Crippen LogP contribution in [0.4, 0.5) is 4.79 Å². The number of hydrogen-bond donors (Lipinski definition) is 2. The van der Waals surface area contributed by atoms with Crippen molar-refractivity contribution in [3.63, 3.8) is 0 Å². The van der Waals surface area contributed by atoms with Crippen LogP contribution in [0.3, 0.4) is 0 Å². The minimum atomic E-state index is -0.871. The summed E-state index contributed by atoms with van der Waals surface area (Å²) in [6, 6.07) is 16.4. The number of nitrogens with one attached hydrogen (secondary N) is 1. The molecule has 35 heavy (non-hydrogen) atoms. The van der Waals surface area contributed by atoms with Crippen LogP contribution >= 0.6 is 0 Å². The van der Waals surface area contributed by atoms with Gasteiger partial charge in [-0.2, -0.15) is 0 Å².